The molecule has 0 aliphatic heterocycles. The highest BCUT2D eigenvalue weighted by Crippen LogP contribution is 2.39. The Balaban J connectivity index is 2.65. The first-order valence-corrected chi connectivity index (χ1v) is 6.60. The van der Waals surface area contributed by atoms with Crippen LogP contribution in [-0.4, -0.2) is 0 Å². The Morgan fingerprint density at radius 3 is 2.05 bits per heavy atom. The Labute approximate surface area is 127 Å². The van der Waals surface area contributed by atoms with Gasteiger partial charge in [0.25, 0.3) is 0 Å². The predicted molar refractivity (Wildman–Crippen MR) is 71.4 cm³/mol. The summed E-state index contributed by atoms with van der Waals surface area (Å²) in [6.07, 6.45) is -9.30. The minimum Gasteiger partial charge on any atom is -0.166 e. The lowest BCUT2D eigenvalue weighted by Gasteiger charge is -2.15. The van der Waals surface area contributed by atoms with Gasteiger partial charge in [-0.3, -0.25) is 0 Å². The van der Waals surface area contributed by atoms with Gasteiger partial charge in [0.1, 0.15) is 0 Å². The lowest BCUT2D eigenvalue weighted by atomic mass is 9.96. The fraction of sp³-hybridized carbons (Fsp3) is 0.200. The van der Waals surface area contributed by atoms with Gasteiger partial charge >= 0.3 is 12.4 Å². The Morgan fingerprint density at radius 1 is 0.818 bits per heavy atom. The van der Waals surface area contributed by atoms with Crippen LogP contribution in [0.2, 0.25) is 0 Å². The molecule has 7 heteroatoms. The predicted octanol–water partition coefficient (Wildman–Crippen LogP) is 6.13. The van der Waals surface area contributed by atoms with Crippen molar-refractivity contribution in [1.82, 2.24) is 0 Å². The lowest BCUT2D eigenvalue weighted by molar-refractivity contribution is -0.137. The molecule has 0 atom stereocenters. The zero-order chi connectivity index (χ0) is 16.5. The molecule has 0 bridgehead atoms. The maximum atomic E-state index is 13.0. The Hall–Kier alpha value is -1.69. The van der Waals surface area contributed by atoms with Crippen LogP contribution in [0.4, 0.5) is 26.3 Å². The molecule has 2 rings (SSSR count). The largest absolute Gasteiger partial charge is 0.417 e. The molecule has 0 N–H and O–H groups in total. The summed E-state index contributed by atoms with van der Waals surface area (Å²) >= 11 is 5.60. The molecular weight excluding hydrogens is 330 g/mol. The van der Waals surface area contributed by atoms with Gasteiger partial charge in [0, 0.05) is 5.88 Å². The molecule has 0 aliphatic rings. The van der Waals surface area contributed by atoms with Crippen molar-refractivity contribution < 1.29 is 26.3 Å². The van der Waals surface area contributed by atoms with E-state index in [4.69, 9.17) is 11.6 Å². The van der Waals surface area contributed by atoms with Gasteiger partial charge in [0.05, 0.1) is 11.1 Å². The average Bonchev–Trinajstić information content (AvgIpc) is 2.45. The van der Waals surface area contributed by atoms with Crippen molar-refractivity contribution >= 4 is 11.6 Å². The maximum Gasteiger partial charge on any atom is 0.417 e. The summed E-state index contributed by atoms with van der Waals surface area (Å²) in [6, 6.07) is 6.97. The normalized spacial score (nSPS) is 12.5. The number of hydrogen-bond donors (Lipinski definition) is 0. The van der Waals surface area contributed by atoms with Crippen LogP contribution in [0, 0.1) is 0 Å². The highest BCUT2D eigenvalue weighted by molar-refractivity contribution is 6.17. The van der Waals surface area contributed by atoms with E-state index in [0.717, 1.165) is 24.3 Å². The number of benzene rings is 2. The fourth-order valence-electron chi connectivity index (χ4n) is 2.02. The highest BCUT2D eigenvalue weighted by atomic mass is 35.5. The number of halogens is 7. The standard InChI is InChI=1S/C15H9ClF6/c16-8-9-4-5-13(15(20,21)22)12(6-9)10-2-1-3-11(7-10)14(17,18)19/h1-7H,8H2. The molecule has 0 aromatic heterocycles. The van der Waals surface area contributed by atoms with Crippen molar-refractivity contribution in [3.63, 3.8) is 0 Å². The second-order valence-electron chi connectivity index (χ2n) is 4.59. The molecule has 2 aromatic rings. The first kappa shape index (κ1) is 16.7. The summed E-state index contributed by atoms with van der Waals surface area (Å²) in [7, 11) is 0. The first-order valence-electron chi connectivity index (χ1n) is 6.06. The molecular formula is C15H9ClF6. The van der Waals surface area contributed by atoms with E-state index in [0.29, 0.717) is 11.6 Å². The molecule has 0 aliphatic carbocycles. The highest BCUT2D eigenvalue weighted by Gasteiger charge is 2.35. The zero-order valence-electron chi connectivity index (χ0n) is 10.9. The SMILES string of the molecule is FC(F)(F)c1cccc(-c2cc(CCl)ccc2C(F)(F)F)c1. The molecule has 118 valence electrons. The molecule has 0 nitrogen and oxygen atoms in total. The van der Waals surface area contributed by atoms with E-state index in [1.54, 1.807) is 0 Å². The molecule has 0 fully saturated rings. The summed E-state index contributed by atoms with van der Waals surface area (Å²) in [5, 5.41) is 0. The second kappa shape index (κ2) is 5.83. The third-order valence-corrected chi connectivity index (χ3v) is 3.35. The van der Waals surface area contributed by atoms with E-state index < -0.39 is 23.5 Å². The van der Waals surface area contributed by atoms with E-state index in [9.17, 15) is 26.3 Å². The topological polar surface area (TPSA) is 0 Å². The van der Waals surface area contributed by atoms with Crippen LogP contribution in [0.15, 0.2) is 42.5 Å². The number of rotatable bonds is 2. The molecule has 0 saturated carbocycles. The number of alkyl halides is 7. The monoisotopic (exact) mass is 338 g/mol. The van der Waals surface area contributed by atoms with Crippen molar-refractivity contribution in [1.29, 1.82) is 0 Å². The minimum absolute atomic E-state index is 0.0376. The minimum atomic E-state index is -4.67. The molecule has 22 heavy (non-hydrogen) atoms. The molecule has 0 saturated heterocycles. The van der Waals surface area contributed by atoms with E-state index in [1.807, 2.05) is 0 Å². The second-order valence-corrected chi connectivity index (χ2v) is 4.86. The molecule has 0 unspecified atom stereocenters. The fourth-order valence-corrected chi connectivity index (χ4v) is 2.19. The van der Waals surface area contributed by atoms with Gasteiger partial charge in [0.2, 0.25) is 0 Å². The number of hydrogen-bond acceptors (Lipinski definition) is 0. The van der Waals surface area contributed by atoms with E-state index in [1.165, 1.54) is 12.1 Å². The van der Waals surface area contributed by atoms with Crippen LogP contribution >= 0.6 is 11.6 Å². The van der Waals surface area contributed by atoms with Gasteiger partial charge in [-0.2, -0.15) is 26.3 Å². The van der Waals surface area contributed by atoms with Gasteiger partial charge in [-0.05, 0) is 41.0 Å². The van der Waals surface area contributed by atoms with Crippen molar-refractivity contribution in [2.45, 2.75) is 18.2 Å². The summed E-state index contributed by atoms with van der Waals surface area (Å²) in [4.78, 5) is 0. The van der Waals surface area contributed by atoms with Crippen LogP contribution in [-0.2, 0) is 18.2 Å². The van der Waals surface area contributed by atoms with Gasteiger partial charge in [-0.1, -0.05) is 18.2 Å². The molecule has 2 aromatic carbocycles. The van der Waals surface area contributed by atoms with Crippen LogP contribution in [0.1, 0.15) is 16.7 Å². The van der Waals surface area contributed by atoms with E-state index in [-0.39, 0.29) is 17.0 Å². The van der Waals surface area contributed by atoms with Crippen LogP contribution in [0.3, 0.4) is 0 Å². The van der Waals surface area contributed by atoms with E-state index in [2.05, 4.69) is 0 Å². The summed E-state index contributed by atoms with van der Waals surface area (Å²) in [5.41, 5.74) is -2.09. The van der Waals surface area contributed by atoms with Crippen LogP contribution in [0.5, 0.6) is 0 Å². The quantitative estimate of drug-likeness (QED) is 0.456. The summed E-state index contributed by atoms with van der Waals surface area (Å²) in [6.45, 7) is 0. The smallest absolute Gasteiger partial charge is 0.166 e. The Bertz CT molecular complexity index is 672. The Kier molecular flexibility index (Phi) is 4.42. The van der Waals surface area contributed by atoms with Gasteiger partial charge in [0.15, 0.2) is 0 Å². The summed E-state index contributed by atoms with van der Waals surface area (Å²) < 4.78 is 77.3. The maximum absolute atomic E-state index is 13.0. The molecule has 0 spiro atoms. The van der Waals surface area contributed by atoms with Crippen molar-refractivity contribution in [3.05, 3.63) is 59.2 Å². The van der Waals surface area contributed by atoms with Crippen LogP contribution < -0.4 is 0 Å². The van der Waals surface area contributed by atoms with Crippen molar-refractivity contribution in [2.75, 3.05) is 0 Å². The molecule has 0 amide bonds. The molecule has 0 heterocycles. The van der Waals surface area contributed by atoms with E-state index >= 15 is 0 Å². The summed E-state index contributed by atoms with van der Waals surface area (Å²) in [5.74, 6) is -0.0376. The first-order chi connectivity index (χ1) is 10.1. The third-order valence-electron chi connectivity index (χ3n) is 3.04. The Morgan fingerprint density at radius 2 is 1.50 bits per heavy atom. The average molecular weight is 339 g/mol. The zero-order valence-corrected chi connectivity index (χ0v) is 11.7. The van der Waals surface area contributed by atoms with Crippen LogP contribution in [0.25, 0.3) is 11.1 Å². The van der Waals surface area contributed by atoms with Crippen molar-refractivity contribution in [2.24, 2.45) is 0 Å². The van der Waals surface area contributed by atoms with Gasteiger partial charge in [-0.25, -0.2) is 0 Å². The van der Waals surface area contributed by atoms with Gasteiger partial charge < -0.3 is 0 Å². The molecule has 0 radical (unpaired) electrons. The lowest BCUT2D eigenvalue weighted by Crippen LogP contribution is -2.08. The van der Waals surface area contributed by atoms with Crippen molar-refractivity contribution in [3.8, 4) is 11.1 Å². The third kappa shape index (κ3) is 3.55. The van der Waals surface area contributed by atoms with Gasteiger partial charge in [-0.15, -0.1) is 11.6 Å².